The van der Waals surface area contributed by atoms with Crippen LogP contribution in [-0.4, -0.2) is 45.4 Å². The van der Waals surface area contributed by atoms with Gasteiger partial charge in [-0.05, 0) is 82.6 Å². The lowest BCUT2D eigenvalue weighted by molar-refractivity contribution is 0.412. The molecule has 1 aromatic carbocycles. The van der Waals surface area contributed by atoms with Crippen LogP contribution in [0.3, 0.4) is 0 Å². The molecule has 26 heavy (non-hydrogen) atoms. The maximum Gasteiger partial charge on any atom is 0.243 e. The summed E-state index contributed by atoms with van der Waals surface area (Å²) in [6.07, 6.45) is 3.10. The molecule has 0 radical (unpaired) electrons. The van der Waals surface area contributed by atoms with Gasteiger partial charge in [0.2, 0.25) is 10.0 Å². The second kappa shape index (κ2) is 9.31. The average Bonchev–Trinajstić information content (AvgIpc) is 3.31. The maximum atomic E-state index is 13.1. The van der Waals surface area contributed by atoms with Crippen LogP contribution in [0.5, 0.6) is 0 Å². The molecular formula is C20H35N3O2S. The summed E-state index contributed by atoms with van der Waals surface area (Å²) in [4.78, 5) is 0.477. The summed E-state index contributed by atoms with van der Waals surface area (Å²) in [5, 5.41) is 3.47. The van der Waals surface area contributed by atoms with Crippen molar-refractivity contribution in [3.05, 3.63) is 28.8 Å². The van der Waals surface area contributed by atoms with E-state index in [0.717, 1.165) is 55.1 Å². The van der Waals surface area contributed by atoms with Crippen molar-refractivity contribution < 1.29 is 8.42 Å². The van der Waals surface area contributed by atoms with Gasteiger partial charge in [-0.3, -0.25) is 0 Å². The van der Waals surface area contributed by atoms with Gasteiger partial charge in [-0.1, -0.05) is 24.6 Å². The van der Waals surface area contributed by atoms with Crippen LogP contribution in [-0.2, 0) is 10.0 Å². The van der Waals surface area contributed by atoms with E-state index in [1.807, 2.05) is 39.8 Å². The van der Waals surface area contributed by atoms with Crippen LogP contribution >= 0.6 is 0 Å². The molecule has 0 aliphatic heterocycles. The van der Waals surface area contributed by atoms with Crippen molar-refractivity contribution in [2.24, 2.45) is 17.6 Å². The van der Waals surface area contributed by atoms with Crippen LogP contribution in [0.1, 0.15) is 42.9 Å². The SMILES string of the molecule is CCN(CCCCNCC1CC1CN)S(=O)(=O)c1c(C)cc(C)cc1C. The molecule has 3 N–H and O–H groups in total. The Bertz CT molecular complexity index is 680. The van der Waals surface area contributed by atoms with E-state index in [2.05, 4.69) is 5.32 Å². The van der Waals surface area contributed by atoms with Gasteiger partial charge >= 0.3 is 0 Å². The molecule has 0 bridgehead atoms. The fourth-order valence-corrected chi connectivity index (χ4v) is 5.72. The lowest BCUT2D eigenvalue weighted by Gasteiger charge is -2.23. The van der Waals surface area contributed by atoms with Crippen molar-refractivity contribution in [3.63, 3.8) is 0 Å². The highest BCUT2D eigenvalue weighted by Crippen LogP contribution is 2.36. The molecule has 2 atom stereocenters. The van der Waals surface area contributed by atoms with Gasteiger partial charge in [0.1, 0.15) is 0 Å². The van der Waals surface area contributed by atoms with Crippen molar-refractivity contribution in [1.29, 1.82) is 0 Å². The second-order valence-corrected chi connectivity index (χ2v) is 9.50. The third kappa shape index (κ3) is 5.28. The topological polar surface area (TPSA) is 75.4 Å². The molecular weight excluding hydrogens is 346 g/mol. The number of nitrogens with one attached hydrogen (secondary N) is 1. The summed E-state index contributed by atoms with van der Waals surface area (Å²) in [5.41, 5.74) is 8.42. The minimum atomic E-state index is -3.44. The Morgan fingerprint density at radius 3 is 2.35 bits per heavy atom. The first-order chi connectivity index (χ1) is 12.3. The van der Waals surface area contributed by atoms with E-state index in [1.165, 1.54) is 6.42 Å². The fourth-order valence-electron chi connectivity index (χ4n) is 3.83. The molecule has 0 saturated heterocycles. The van der Waals surface area contributed by atoms with Gasteiger partial charge in [0.25, 0.3) is 0 Å². The maximum absolute atomic E-state index is 13.1. The van der Waals surface area contributed by atoms with Gasteiger partial charge in [0.05, 0.1) is 4.90 Å². The van der Waals surface area contributed by atoms with E-state index < -0.39 is 10.0 Å². The van der Waals surface area contributed by atoms with E-state index >= 15 is 0 Å². The Kier molecular flexibility index (Phi) is 7.64. The standard InChI is InChI=1S/C20H35N3O2S/c1-5-23(9-7-6-8-22-14-19-12-18(19)13-21)26(24,25)20-16(3)10-15(2)11-17(20)4/h10-11,18-19,22H,5-9,12-14,21H2,1-4H3. The van der Waals surface area contributed by atoms with E-state index in [1.54, 1.807) is 4.31 Å². The van der Waals surface area contributed by atoms with Crippen LogP contribution in [0, 0.1) is 32.6 Å². The first kappa shape index (κ1) is 21.4. The monoisotopic (exact) mass is 381 g/mol. The van der Waals surface area contributed by atoms with Crippen molar-refractivity contribution in [2.75, 3.05) is 32.7 Å². The van der Waals surface area contributed by atoms with Gasteiger partial charge in [-0.2, -0.15) is 4.31 Å². The lowest BCUT2D eigenvalue weighted by atomic mass is 10.1. The number of unbranched alkanes of at least 4 members (excludes halogenated alkanes) is 1. The largest absolute Gasteiger partial charge is 0.330 e. The van der Waals surface area contributed by atoms with Gasteiger partial charge in [0, 0.05) is 13.1 Å². The highest BCUT2D eigenvalue weighted by atomic mass is 32.2. The van der Waals surface area contributed by atoms with Crippen LogP contribution < -0.4 is 11.1 Å². The van der Waals surface area contributed by atoms with Crippen LogP contribution in [0.4, 0.5) is 0 Å². The van der Waals surface area contributed by atoms with Crippen molar-refractivity contribution in [3.8, 4) is 0 Å². The van der Waals surface area contributed by atoms with Crippen LogP contribution in [0.2, 0.25) is 0 Å². The van der Waals surface area contributed by atoms with Crippen LogP contribution in [0.15, 0.2) is 17.0 Å². The number of aryl methyl sites for hydroxylation is 3. The molecule has 2 rings (SSSR count). The molecule has 1 fully saturated rings. The second-order valence-electron chi connectivity index (χ2n) is 7.63. The van der Waals surface area contributed by atoms with E-state index in [9.17, 15) is 8.42 Å². The number of hydrogen-bond acceptors (Lipinski definition) is 4. The Morgan fingerprint density at radius 2 is 1.81 bits per heavy atom. The number of nitrogens with two attached hydrogens (primary N) is 1. The Labute approximate surface area is 159 Å². The van der Waals surface area contributed by atoms with Crippen molar-refractivity contribution in [2.45, 2.75) is 51.9 Å². The number of hydrogen-bond donors (Lipinski definition) is 2. The molecule has 0 amide bonds. The summed E-state index contributed by atoms with van der Waals surface area (Å²) in [6, 6.07) is 3.90. The Balaban J connectivity index is 1.85. The third-order valence-electron chi connectivity index (χ3n) is 5.34. The highest BCUT2D eigenvalue weighted by molar-refractivity contribution is 7.89. The minimum Gasteiger partial charge on any atom is -0.330 e. The number of benzene rings is 1. The molecule has 5 nitrogen and oxygen atoms in total. The predicted molar refractivity (Wildman–Crippen MR) is 108 cm³/mol. The number of rotatable bonds is 11. The van der Waals surface area contributed by atoms with Gasteiger partial charge in [0.15, 0.2) is 0 Å². The Morgan fingerprint density at radius 1 is 1.15 bits per heavy atom. The molecule has 1 saturated carbocycles. The molecule has 148 valence electrons. The molecule has 0 heterocycles. The molecule has 0 aromatic heterocycles. The molecule has 1 aliphatic rings. The fraction of sp³-hybridized carbons (Fsp3) is 0.700. The van der Waals surface area contributed by atoms with Gasteiger partial charge < -0.3 is 11.1 Å². The zero-order valence-corrected chi connectivity index (χ0v) is 17.5. The summed E-state index contributed by atoms with van der Waals surface area (Å²) in [6.45, 7) is 11.5. The quantitative estimate of drug-likeness (QED) is 0.578. The predicted octanol–water partition coefficient (Wildman–Crippen LogP) is 2.59. The molecule has 1 aliphatic carbocycles. The summed E-state index contributed by atoms with van der Waals surface area (Å²) >= 11 is 0. The van der Waals surface area contributed by atoms with Gasteiger partial charge in [-0.25, -0.2) is 8.42 Å². The third-order valence-corrected chi connectivity index (χ3v) is 7.63. The normalized spacial score (nSPS) is 19.9. The lowest BCUT2D eigenvalue weighted by Crippen LogP contribution is -2.33. The highest BCUT2D eigenvalue weighted by Gasteiger charge is 2.34. The zero-order valence-electron chi connectivity index (χ0n) is 16.7. The molecule has 0 spiro atoms. The summed E-state index contributed by atoms with van der Waals surface area (Å²) in [5.74, 6) is 1.46. The van der Waals surface area contributed by atoms with Crippen molar-refractivity contribution >= 4 is 10.0 Å². The number of nitrogens with zero attached hydrogens (tertiary/aromatic N) is 1. The molecule has 1 aromatic rings. The zero-order chi connectivity index (χ0) is 19.3. The molecule has 2 unspecified atom stereocenters. The first-order valence-electron chi connectivity index (χ1n) is 9.80. The van der Waals surface area contributed by atoms with Crippen molar-refractivity contribution in [1.82, 2.24) is 9.62 Å². The van der Waals surface area contributed by atoms with E-state index in [-0.39, 0.29) is 0 Å². The summed E-state index contributed by atoms with van der Waals surface area (Å²) < 4.78 is 27.8. The molecule has 6 heteroatoms. The minimum absolute atomic E-state index is 0.477. The number of sulfonamides is 1. The van der Waals surface area contributed by atoms with E-state index in [4.69, 9.17) is 5.73 Å². The first-order valence-corrected chi connectivity index (χ1v) is 11.2. The van der Waals surface area contributed by atoms with Gasteiger partial charge in [-0.15, -0.1) is 0 Å². The smallest absolute Gasteiger partial charge is 0.243 e. The van der Waals surface area contributed by atoms with E-state index in [0.29, 0.717) is 23.9 Å². The Hall–Kier alpha value is -0.950. The summed E-state index contributed by atoms with van der Waals surface area (Å²) in [7, 11) is -3.44. The van der Waals surface area contributed by atoms with Crippen LogP contribution in [0.25, 0.3) is 0 Å². The average molecular weight is 382 g/mol.